The molecule has 1 aromatic carbocycles. The van der Waals surface area contributed by atoms with Gasteiger partial charge in [0.25, 0.3) is 11.8 Å². The molecule has 3 rings (SSSR count). The summed E-state index contributed by atoms with van der Waals surface area (Å²) < 4.78 is 0.886. The molecule has 2 aromatic rings. The molecule has 0 spiro atoms. The van der Waals surface area contributed by atoms with Crippen molar-refractivity contribution in [2.24, 2.45) is 0 Å². The van der Waals surface area contributed by atoms with Gasteiger partial charge in [-0.25, -0.2) is 0 Å². The minimum absolute atomic E-state index is 0.214. The first-order chi connectivity index (χ1) is 9.66. The smallest absolute Gasteiger partial charge is 0.261 e. The molecule has 1 aliphatic rings. The van der Waals surface area contributed by atoms with Gasteiger partial charge in [-0.15, -0.1) is 0 Å². The summed E-state index contributed by atoms with van der Waals surface area (Å²) in [6.07, 6.45) is 4.03. The molecule has 0 aliphatic carbocycles. The van der Waals surface area contributed by atoms with Gasteiger partial charge in [0.1, 0.15) is 0 Å². The van der Waals surface area contributed by atoms with Crippen molar-refractivity contribution in [3.05, 3.63) is 63.9 Å². The first kappa shape index (κ1) is 13.0. The zero-order valence-corrected chi connectivity index (χ0v) is 12.1. The number of halogens is 1. The van der Waals surface area contributed by atoms with Crippen molar-refractivity contribution in [3.8, 4) is 0 Å². The van der Waals surface area contributed by atoms with Crippen LogP contribution in [0.25, 0.3) is 0 Å². The molecule has 4 nitrogen and oxygen atoms in total. The summed E-state index contributed by atoms with van der Waals surface area (Å²) in [4.78, 5) is 29.7. The maximum atomic E-state index is 12.2. The van der Waals surface area contributed by atoms with Crippen LogP contribution in [0.4, 0.5) is 0 Å². The summed E-state index contributed by atoms with van der Waals surface area (Å²) in [5.74, 6) is -0.429. The Labute approximate surface area is 124 Å². The molecule has 0 N–H and O–H groups in total. The molecule has 2 amide bonds. The van der Waals surface area contributed by atoms with Crippen LogP contribution in [0.3, 0.4) is 0 Å². The molecule has 0 bridgehead atoms. The first-order valence-corrected chi connectivity index (χ1v) is 7.01. The second-order valence-electron chi connectivity index (χ2n) is 4.57. The van der Waals surface area contributed by atoms with Crippen LogP contribution in [0.2, 0.25) is 0 Å². The molecule has 0 fully saturated rings. The van der Waals surface area contributed by atoms with Gasteiger partial charge >= 0.3 is 0 Å². The van der Waals surface area contributed by atoms with Crippen LogP contribution in [0.15, 0.2) is 47.2 Å². The normalized spacial score (nSPS) is 13.8. The summed E-state index contributed by atoms with van der Waals surface area (Å²) in [5, 5.41) is 0. The van der Waals surface area contributed by atoms with Crippen LogP contribution in [-0.2, 0) is 6.42 Å². The van der Waals surface area contributed by atoms with E-state index in [4.69, 9.17) is 0 Å². The summed E-state index contributed by atoms with van der Waals surface area (Å²) in [6, 6.07) is 8.86. The lowest BCUT2D eigenvalue weighted by Crippen LogP contribution is -2.31. The Morgan fingerprint density at radius 2 is 1.70 bits per heavy atom. The maximum Gasteiger partial charge on any atom is 0.261 e. The number of carbonyl (C=O) groups is 2. The van der Waals surface area contributed by atoms with Gasteiger partial charge in [0.2, 0.25) is 0 Å². The molecule has 20 heavy (non-hydrogen) atoms. The third-order valence-corrected chi connectivity index (χ3v) is 3.70. The van der Waals surface area contributed by atoms with Crippen LogP contribution >= 0.6 is 15.9 Å². The van der Waals surface area contributed by atoms with Crippen LogP contribution in [-0.4, -0.2) is 28.2 Å². The Balaban J connectivity index is 1.77. The number of amides is 2. The molecule has 0 unspecified atom stereocenters. The van der Waals surface area contributed by atoms with Crippen molar-refractivity contribution in [3.63, 3.8) is 0 Å². The summed E-state index contributed by atoms with van der Waals surface area (Å²) in [7, 11) is 0. The van der Waals surface area contributed by atoms with Crippen LogP contribution in [0.5, 0.6) is 0 Å². The highest BCUT2D eigenvalue weighted by atomic mass is 79.9. The average Bonchev–Trinajstić information content (AvgIpc) is 2.70. The second-order valence-corrected chi connectivity index (χ2v) is 5.48. The number of hydrogen-bond donors (Lipinski definition) is 0. The van der Waals surface area contributed by atoms with Crippen LogP contribution < -0.4 is 0 Å². The number of fused-ring (bicyclic) bond motifs is 1. The number of pyridine rings is 1. The summed E-state index contributed by atoms with van der Waals surface area (Å²) in [5.41, 5.74) is 1.96. The Kier molecular flexibility index (Phi) is 3.36. The van der Waals surface area contributed by atoms with E-state index in [0.717, 1.165) is 10.0 Å². The van der Waals surface area contributed by atoms with Gasteiger partial charge < -0.3 is 0 Å². The topological polar surface area (TPSA) is 50.3 Å². The van der Waals surface area contributed by atoms with E-state index in [1.807, 2.05) is 6.07 Å². The Bertz CT molecular complexity index is 665. The molecular weight excluding hydrogens is 320 g/mol. The molecule has 2 heterocycles. The molecule has 0 radical (unpaired) electrons. The van der Waals surface area contributed by atoms with Crippen molar-refractivity contribution >= 4 is 27.7 Å². The minimum atomic E-state index is -0.214. The predicted octanol–water partition coefficient (Wildman–Crippen LogP) is 2.68. The zero-order valence-electron chi connectivity index (χ0n) is 10.5. The molecule has 1 aliphatic heterocycles. The summed E-state index contributed by atoms with van der Waals surface area (Å²) >= 11 is 3.35. The third-order valence-electron chi connectivity index (χ3n) is 3.26. The fourth-order valence-electron chi connectivity index (χ4n) is 2.28. The van der Waals surface area contributed by atoms with Gasteiger partial charge in [-0.2, -0.15) is 0 Å². The number of rotatable bonds is 3. The molecule has 100 valence electrons. The van der Waals surface area contributed by atoms with E-state index >= 15 is 0 Å². The van der Waals surface area contributed by atoms with E-state index < -0.39 is 0 Å². The van der Waals surface area contributed by atoms with Crippen molar-refractivity contribution in [1.82, 2.24) is 9.88 Å². The number of hydrogen-bond acceptors (Lipinski definition) is 3. The zero-order chi connectivity index (χ0) is 14.1. The number of carbonyl (C=O) groups excluding carboxylic acids is 2. The largest absolute Gasteiger partial charge is 0.274 e. The predicted molar refractivity (Wildman–Crippen MR) is 77.5 cm³/mol. The molecule has 0 atom stereocenters. The number of benzene rings is 1. The fraction of sp³-hybridized carbons (Fsp3) is 0.133. The van der Waals surface area contributed by atoms with Crippen LogP contribution in [0.1, 0.15) is 26.3 Å². The molecule has 1 aromatic heterocycles. The number of nitrogens with zero attached hydrogens (tertiary/aromatic N) is 2. The lowest BCUT2D eigenvalue weighted by molar-refractivity contribution is 0.0656. The van der Waals surface area contributed by atoms with Crippen molar-refractivity contribution in [2.75, 3.05) is 6.54 Å². The van der Waals surface area contributed by atoms with Gasteiger partial charge in [-0.05, 0) is 46.1 Å². The second kappa shape index (κ2) is 5.17. The lowest BCUT2D eigenvalue weighted by atomic mass is 10.1. The molecule has 0 saturated heterocycles. The van der Waals surface area contributed by atoms with E-state index in [1.165, 1.54) is 4.90 Å². The van der Waals surface area contributed by atoms with E-state index in [2.05, 4.69) is 20.9 Å². The van der Waals surface area contributed by atoms with Gasteiger partial charge in [0.05, 0.1) is 11.1 Å². The van der Waals surface area contributed by atoms with Gasteiger partial charge in [0, 0.05) is 23.4 Å². The Hall–Kier alpha value is -2.01. The first-order valence-electron chi connectivity index (χ1n) is 6.21. The molecular formula is C15H11BrN2O2. The SMILES string of the molecule is O=C1c2ccccc2C(=O)N1CCc1cncc(Br)c1. The number of aromatic nitrogens is 1. The van der Waals surface area contributed by atoms with Crippen molar-refractivity contribution in [2.45, 2.75) is 6.42 Å². The standard InChI is InChI=1S/C15H11BrN2O2/c16-11-7-10(8-17-9-11)5-6-18-14(19)12-3-1-2-4-13(12)15(18)20/h1-4,7-9H,5-6H2. The van der Waals surface area contributed by atoms with Gasteiger partial charge in [-0.1, -0.05) is 12.1 Å². The third kappa shape index (κ3) is 2.25. The van der Waals surface area contributed by atoms with E-state index in [0.29, 0.717) is 24.1 Å². The van der Waals surface area contributed by atoms with Crippen LogP contribution in [0, 0.1) is 0 Å². The quantitative estimate of drug-likeness (QED) is 0.813. The average molecular weight is 331 g/mol. The summed E-state index contributed by atoms with van der Waals surface area (Å²) in [6.45, 7) is 0.366. The van der Waals surface area contributed by atoms with E-state index in [-0.39, 0.29) is 11.8 Å². The van der Waals surface area contributed by atoms with E-state index in [1.54, 1.807) is 36.7 Å². The highest BCUT2D eigenvalue weighted by Crippen LogP contribution is 2.22. The Morgan fingerprint density at radius 1 is 1.05 bits per heavy atom. The van der Waals surface area contributed by atoms with E-state index in [9.17, 15) is 9.59 Å². The highest BCUT2D eigenvalue weighted by molar-refractivity contribution is 9.10. The van der Waals surface area contributed by atoms with Crippen molar-refractivity contribution in [1.29, 1.82) is 0 Å². The minimum Gasteiger partial charge on any atom is -0.274 e. The molecule has 0 saturated carbocycles. The molecule has 5 heteroatoms. The lowest BCUT2D eigenvalue weighted by Gasteiger charge is -2.13. The monoisotopic (exact) mass is 330 g/mol. The maximum absolute atomic E-state index is 12.2. The van der Waals surface area contributed by atoms with Gasteiger partial charge in [-0.3, -0.25) is 19.5 Å². The Morgan fingerprint density at radius 3 is 2.30 bits per heavy atom. The fourth-order valence-corrected chi connectivity index (χ4v) is 2.69. The van der Waals surface area contributed by atoms with Gasteiger partial charge in [0.15, 0.2) is 0 Å². The van der Waals surface area contributed by atoms with Crippen molar-refractivity contribution < 1.29 is 9.59 Å². The highest BCUT2D eigenvalue weighted by Gasteiger charge is 2.34. The number of imide groups is 1.